The molecule has 1 aromatic heterocycles. The topological polar surface area (TPSA) is 38.7 Å². The maximum Gasteiger partial charge on any atom is 0.164 e. The largest absolute Gasteiger partial charge is 0.208 e. The second-order valence-electron chi connectivity index (χ2n) is 12.9. The van der Waals surface area contributed by atoms with Crippen molar-refractivity contribution in [1.82, 2.24) is 15.0 Å². The zero-order chi connectivity index (χ0) is 31.5. The number of hydrogen-bond donors (Lipinski definition) is 0. The van der Waals surface area contributed by atoms with Crippen LogP contribution in [0.5, 0.6) is 0 Å². The maximum absolute atomic E-state index is 5.14. The molecule has 9 rings (SSSR count). The summed E-state index contributed by atoms with van der Waals surface area (Å²) in [7, 11) is -1.85. The van der Waals surface area contributed by atoms with Crippen LogP contribution in [0.3, 0.4) is 0 Å². The first kappa shape index (κ1) is 27.6. The smallest absolute Gasteiger partial charge is 0.164 e. The highest BCUT2D eigenvalue weighted by Crippen LogP contribution is 2.37. The van der Waals surface area contributed by atoms with Crippen molar-refractivity contribution in [3.8, 4) is 56.4 Å². The van der Waals surface area contributed by atoms with Crippen LogP contribution in [-0.4, -0.2) is 23.0 Å². The molecule has 1 aliphatic heterocycles. The van der Waals surface area contributed by atoms with Crippen LogP contribution in [0.25, 0.3) is 78.0 Å². The third-order valence-electron chi connectivity index (χ3n) is 9.70. The van der Waals surface area contributed by atoms with Gasteiger partial charge in [-0.15, -0.1) is 0 Å². The van der Waals surface area contributed by atoms with Gasteiger partial charge in [0.05, 0.1) is 0 Å². The first-order chi connectivity index (χ1) is 23.0. The van der Waals surface area contributed by atoms with Crippen molar-refractivity contribution < 1.29 is 0 Å². The summed E-state index contributed by atoms with van der Waals surface area (Å²) in [6, 6.07) is 54.1. The number of aromatic nitrogens is 3. The van der Waals surface area contributed by atoms with E-state index in [1.165, 1.54) is 48.8 Å². The van der Waals surface area contributed by atoms with Gasteiger partial charge < -0.3 is 0 Å². The van der Waals surface area contributed by atoms with Crippen LogP contribution in [0, 0.1) is 0 Å². The lowest BCUT2D eigenvalue weighted by Crippen LogP contribution is -2.49. The monoisotopic (exact) mass is 617 g/mol. The van der Waals surface area contributed by atoms with Gasteiger partial charge in [-0.2, -0.15) is 0 Å². The molecule has 0 radical (unpaired) electrons. The fourth-order valence-corrected chi connectivity index (χ4v) is 10.3. The molecule has 0 bridgehead atoms. The predicted octanol–water partition coefficient (Wildman–Crippen LogP) is 9.65. The number of benzene rings is 7. The van der Waals surface area contributed by atoms with E-state index in [4.69, 9.17) is 15.0 Å². The van der Waals surface area contributed by atoms with Crippen LogP contribution < -0.4 is 10.4 Å². The fourth-order valence-electron chi connectivity index (χ4n) is 7.21. The Bertz CT molecular complexity index is 2490. The first-order valence-corrected chi connectivity index (χ1v) is 19.1. The Labute approximate surface area is 275 Å². The van der Waals surface area contributed by atoms with E-state index in [9.17, 15) is 0 Å². The van der Waals surface area contributed by atoms with E-state index >= 15 is 0 Å². The van der Waals surface area contributed by atoms with Crippen LogP contribution in [0.2, 0.25) is 13.1 Å². The molecule has 0 saturated heterocycles. The van der Waals surface area contributed by atoms with Crippen molar-refractivity contribution >= 4 is 40.0 Å². The SMILES string of the molecule is C[Si]1(C)c2ccc(-c3nc(-c4ccccc4)nc(-c4ccc5cc(-c6ccccc6)ccc5c4)n3)cc2-c2c1ccc1ccccc21. The van der Waals surface area contributed by atoms with Crippen LogP contribution in [0.15, 0.2) is 152 Å². The van der Waals surface area contributed by atoms with Crippen molar-refractivity contribution in [2.45, 2.75) is 13.1 Å². The van der Waals surface area contributed by atoms with Gasteiger partial charge in [-0.3, -0.25) is 0 Å². The molecule has 4 heteroatoms. The van der Waals surface area contributed by atoms with Gasteiger partial charge in [0.25, 0.3) is 0 Å². The molecular formula is C43H31N3Si. The lowest BCUT2D eigenvalue weighted by molar-refractivity contribution is 1.07. The van der Waals surface area contributed by atoms with E-state index in [0.29, 0.717) is 17.5 Å². The number of hydrogen-bond acceptors (Lipinski definition) is 3. The van der Waals surface area contributed by atoms with E-state index in [0.717, 1.165) is 22.1 Å². The molecule has 0 saturated carbocycles. The minimum absolute atomic E-state index is 0.670. The van der Waals surface area contributed by atoms with Gasteiger partial charge in [-0.1, -0.05) is 147 Å². The van der Waals surface area contributed by atoms with Crippen LogP contribution in [0.1, 0.15) is 0 Å². The van der Waals surface area contributed by atoms with E-state index < -0.39 is 8.07 Å². The van der Waals surface area contributed by atoms with Crippen molar-refractivity contribution in [3.05, 3.63) is 152 Å². The molecule has 0 spiro atoms. The molecule has 47 heavy (non-hydrogen) atoms. The Kier molecular flexibility index (Phi) is 6.27. The molecule has 0 amide bonds. The average Bonchev–Trinajstić information content (AvgIpc) is 3.37. The summed E-state index contributed by atoms with van der Waals surface area (Å²) in [5.41, 5.74) is 8.05. The highest BCUT2D eigenvalue weighted by molar-refractivity contribution is 7.04. The average molecular weight is 618 g/mol. The Morgan fingerprint density at radius 2 is 0.894 bits per heavy atom. The Hall–Kier alpha value is -5.71. The second-order valence-corrected chi connectivity index (χ2v) is 17.2. The first-order valence-electron chi connectivity index (χ1n) is 16.1. The molecule has 8 aromatic rings. The molecule has 3 nitrogen and oxygen atoms in total. The van der Waals surface area contributed by atoms with Gasteiger partial charge in [0, 0.05) is 16.7 Å². The van der Waals surface area contributed by atoms with E-state index in [-0.39, 0.29) is 0 Å². The lowest BCUT2D eigenvalue weighted by Gasteiger charge is -2.19. The zero-order valence-corrected chi connectivity index (χ0v) is 27.3. The standard InChI is InChI=1S/C43H31N3Si/c1-47(2)38-23-22-35(27-37(38)40-36-16-10-9-13-29(36)21-24-39(40)47)43-45-41(30-14-7-4-8-15-30)44-42(46-43)34-20-19-32-25-31(17-18-33(32)26-34)28-11-5-3-6-12-28/h3-27H,1-2H3. The van der Waals surface area contributed by atoms with E-state index in [2.05, 4.69) is 147 Å². The number of fused-ring (bicyclic) bond motifs is 6. The number of rotatable bonds is 4. The lowest BCUT2D eigenvalue weighted by atomic mass is 9.97. The number of nitrogens with zero attached hydrogens (tertiary/aromatic N) is 3. The van der Waals surface area contributed by atoms with Crippen molar-refractivity contribution in [3.63, 3.8) is 0 Å². The van der Waals surface area contributed by atoms with E-state index in [1.54, 1.807) is 0 Å². The predicted molar refractivity (Wildman–Crippen MR) is 199 cm³/mol. The molecule has 2 heterocycles. The van der Waals surface area contributed by atoms with Crippen LogP contribution >= 0.6 is 0 Å². The van der Waals surface area contributed by atoms with Crippen molar-refractivity contribution in [2.24, 2.45) is 0 Å². The Morgan fingerprint density at radius 1 is 0.383 bits per heavy atom. The Balaban J connectivity index is 1.20. The van der Waals surface area contributed by atoms with Gasteiger partial charge in [0.15, 0.2) is 17.5 Å². The molecule has 0 atom stereocenters. The summed E-state index contributed by atoms with van der Waals surface area (Å²) >= 11 is 0. The second kappa shape index (κ2) is 10.7. The quantitative estimate of drug-likeness (QED) is 0.185. The van der Waals surface area contributed by atoms with Gasteiger partial charge in [0.1, 0.15) is 8.07 Å². The summed E-state index contributed by atoms with van der Waals surface area (Å²) < 4.78 is 0. The summed E-state index contributed by atoms with van der Waals surface area (Å²) in [5.74, 6) is 2.03. The summed E-state index contributed by atoms with van der Waals surface area (Å²) in [4.78, 5) is 15.2. The molecule has 0 N–H and O–H groups in total. The maximum atomic E-state index is 5.14. The van der Waals surface area contributed by atoms with Crippen LogP contribution in [-0.2, 0) is 0 Å². The summed E-state index contributed by atoms with van der Waals surface area (Å²) in [5, 5.41) is 7.89. The van der Waals surface area contributed by atoms with Gasteiger partial charge in [-0.05, 0) is 72.4 Å². The van der Waals surface area contributed by atoms with Crippen molar-refractivity contribution in [2.75, 3.05) is 0 Å². The third kappa shape index (κ3) is 4.60. The third-order valence-corrected chi connectivity index (χ3v) is 13.2. The van der Waals surface area contributed by atoms with Gasteiger partial charge >= 0.3 is 0 Å². The summed E-state index contributed by atoms with van der Waals surface area (Å²) in [6.07, 6.45) is 0. The molecule has 0 fully saturated rings. The highest BCUT2D eigenvalue weighted by atomic mass is 28.3. The molecule has 0 aliphatic carbocycles. The fraction of sp³-hybridized carbons (Fsp3) is 0.0465. The molecule has 1 aliphatic rings. The normalized spacial score (nSPS) is 13.1. The summed E-state index contributed by atoms with van der Waals surface area (Å²) in [6.45, 7) is 4.92. The van der Waals surface area contributed by atoms with Crippen LogP contribution in [0.4, 0.5) is 0 Å². The van der Waals surface area contributed by atoms with Gasteiger partial charge in [0.2, 0.25) is 0 Å². The molecule has 7 aromatic carbocycles. The minimum Gasteiger partial charge on any atom is -0.208 e. The zero-order valence-electron chi connectivity index (χ0n) is 26.3. The highest BCUT2D eigenvalue weighted by Gasteiger charge is 2.38. The van der Waals surface area contributed by atoms with E-state index in [1.807, 2.05) is 18.2 Å². The molecule has 222 valence electrons. The Morgan fingerprint density at radius 3 is 1.62 bits per heavy atom. The molecular weight excluding hydrogens is 587 g/mol. The molecule has 0 unspecified atom stereocenters. The minimum atomic E-state index is -1.85. The van der Waals surface area contributed by atoms with Gasteiger partial charge in [-0.25, -0.2) is 15.0 Å². The van der Waals surface area contributed by atoms with Crippen molar-refractivity contribution in [1.29, 1.82) is 0 Å².